The Morgan fingerprint density at radius 3 is 2.50 bits per heavy atom. The second-order valence-corrected chi connectivity index (χ2v) is 7.62. The van der Waals surface area contributed by atoms with E-state index in [0.29, 0.717) is 0 Å². The van der Waals surface area contributed by atoms with E-state index in [1.165, 1.54) is 22.4 Å². The molecule has 2 aromatic carbocycles. The van der Waals surface area contributed by atoms with Gasteiger partial charge in [-0.3, -0.25) is 0 Å². The van der Waals surface area contributed by atoms with Crippen molar-refractivity contribution in [2.45, 2.75) is 33.9 Å². The predicted octanol–water partition coefficient (Wildman–Crippen LogP) is 4.94. The van der Waals surface area contributed by atoms with Crippen molar-refractivity contribution >= 4 is 5.69 Å². The van der Waals surface area contributed by atoms with Crippen molar-refractivity contribution in [2.75, 3.05) is 5.32 Å². The molecule has 0 bridgehead atoms. The molecule has 1 N–H and O–H groups in total. The minimum absolute atomic E-state index is 0.0879. The number of anilines is 1. The van der Waals surface area contributed by atoms with Gasteiger partial charge in [0.1, 0.15) is 0 Å². The molecule has 0 radical (unpaired) electrons. The highest BCUT2D eigenvalue weighted by Crippen LogP contribution is 2.41. The molecule has 5 rings (SSSR count). The molecular weight excluding hydrogens is 346 g/mol. The van der Waals surface area contributed by atoms with Crippen LogP contribution >= 0.6 is 0 Å². The molecule has 0 aliphatic carbocycles. The van der Waals surface area contributed by atoms with Crippen LogP contribution in [-0.2, 0) is 0 Å². The fourth-order valence-electron chi connectivity index (χ4n) is 4.14. The van der Waals surface area contributed by atoms with Crippen LogP contribution in [0.5, 0.6) is 0 Å². The third-order valence-electron chi connectivity index (χ3n) is 5.39. The summed E-state index contributed by atoms with van der Waals surface area (Å²) in [6.07, 6.45) is 2.02. The standard InChI is InChI=1S/C23H23N5/c1-14-10-15(2)22-19(11-14)21-12-16(3)25-28(21)23(24-22)20-13-27(26-17(20)4)18-8-6-5-7-9-18/h5-13,23-24H,1-4H3. The largest absolute Gasteiger partial charge is 0.359 e. The summed E-state index contributed by atoms with van der Waals surface area (Å²) in [6, 6.07) is 16.8. The molecule has 1 aliphatic heterocycles. The number of fused-ring (bicyclic) bond motifs is 3. The van der Waals surface area contributed by atoms with Crippen LogP contribution in [0.1, 0.15) is 34.2 Å². The average molecular weight is 369 g/mol. The summed E-state index contributed by atoms with van der Waals surface area (Å²) in [5.41, 5.74) is 10.2. The molecule has 0 amide bonds. The van der Waals surface area contributed by atoms with Crippen molar-refractivity contribution in [1.82, 2.24) is 19.6 Å². The third-order valence-corrected chi connectivity index (χ3v) is 5.39. The number of rotatable bonds is 2. The molecule has 0 fully saturated rings. The molecule has 1 unspecified atom stereocenters. The van der Waals surface area contributed by atoms with Gasteiger partial charge >= 0.3 is 0 Å². The zero-order valence-corrected chi connectivity index (χ0v) is 16.6. The average Bonchev–Trinajstić information content (AvgIpc) is 3.25. The van der Waals surface area contributed by atoms with Gasteiger partial charge in [0.2, 0.25) is 0 Å². The lowest BCUT2D eigenvalue weighted by Gasteiger charge is -2.30. The van der Waals surface area contributed by atoms with E-state index >= 15 is 0 Å². The van der Waals surface area contributed by atoms with Crippen LogP contribution in [0.2, 0.25) is 0 Å². The Balaban J connectivity index is 1.67. The fraction of sp³-hybridized carbons (Fsp3) is 0.217. The van der Waals surface area contributed by atoms with Crippen LogP contribution < -0.4 is 5.32 Å². The quantitative estimate of drug-likeness (QED) is 0.544. The van der Waals surface area contributed by atoms with Gasteiger partial charge in [-0.15, -0.1) is 0 Å². The number of nitrogens with one attached hydrogen (secondary N) is 1. The molecule has 28 heavy (non-hydrogen) atoms. The SMILES string of the molecule is Cc1cc(C)c2c(c1)-c1cc(C)nn1C(c1cn(-c3ccccc3)nc1C)N2. The Morgan fingerprint density at radius 1 is 0.929 bits per heavy atom. The van der Waals surface area contributed by atoms with Gasteiger partial charge in [-0.2, -0.15) is 10.2 Å². The molecule has 1 aliphatic rings. The van der Waals surface area contributed by atoms with E-state index in [4.69, 9.17) is 10.2 Å². The summed E-state index contributed by atoms with van der Waals surface area (Å²) in [6.45, 7) is 8.41. The summed E-state index contributed by atoms with van der Waals surface area (Å²) in [7, 11) is 0. The Labute approximate surface area is 164 Å². The second kappa shape index (κ2) is 6.09. The zero-order valence-electron chi connectivity index (χ0n) is 16.6. The molecule has 2 aromatic heterocycles. The lowest BCUT2D eigenvalue weighted by molar-refractivity contribution is 0.568. The van der Waals surface area contributed by atoms with Gasteiger partial charge in [0.05, 0.1) is 22.8 Å². The minimum Gasteiger partial charge on any atom is -0.359 e. The van der Waals surface area contributed by atoms with Crippen molar-refractivity contribution < 1.29 is 0 Å². The van der Waals surface area contributed by atoms with Crippen LogP contribution in [0.4, 0.5) is 5.69 Å². The van der Waals surface area contributed by atoms with E-state index in [0.717, 1.165) is 28.3 Å². The molecule has 0 spiro atoms. The number of nitrogens with zero attached hydrogens (tertiary/aromatic N) is 4. The number of aromatic nitrogens is 4. The summed E-state index contributed by atoms with van der Waals surface area (Å²) >= 11 is 0. The first kappa shape index (κ1) is 16.8. The second-order valence-electron chi connectivity index (χ2n) is 7.62. The van der Waals surface area contributed by atoms with Gasteiger partial charge in [0.15, 0.2) is 6.17 Å². The smallest absolute Gasteiger partial charge is 0.150 e. The fourth-order valence-corrected chi connectivity index (χ4v) is 4.14. The van der Waals surface area contributed by atoms with E-state index in [2.05, 4.69) is 67.3 Å². The number of hydrogen-bond acceptors (Lipinski definition) is 3. The molecule has 4 aromatic rings. The normalized spacial score (nSPS) is 15.1. The summed E-state index contributed by atoms with van der Waals surface area (Å²) < 4.78 is 4.04. The maximum atomic E-state index is 4.81. The van der Waals surface area contributed by atoms with Crippen LogP contribution in [0, 0.1) is 27.7 Å². The molecule has 5 nitrogen and oxygen atoms in total. The molecule has 0 saturated heterocycles. The summed E-state index contributed by atoms with van der Waals surface area (Å²) in [5.74, 6) is 0. The van der Waals surface area contributed by atoms with Crippen molar-refractivity contribution in [3.05, 3.63) is 82.8 Å². The lowest BCUT2D eigenvalue weighted by Crippen LogP contribution is -2.26. The van der Waals surface area contributed by atoms with Crippen LogP contribution in [-0.4, -0.2) is 19.6 Å². The maximum Gasteiger partial charge on any atom is 0.150 e. The summed E-state index contributed by atoms with van der Waals surface area (Å²) in [5, 5.41) is 13.3. The van der Waals surface area contributed by atoms with Crippen molar-refractivity contribution in [2.24, 2.45) is 0 Å². The monoisotopic (exact) mass is 369 g/mol. The van der Waals surface area contributed by atoms with Crippen LogP contribution in [0.15, 0.2) is 54.7 Å². The predicted molar refractivity (Wildman–Crippen MR) is 112 cm³/mol. The van der Waals surface area contributed by atoms with E-state index in [9.17, 15) is 0 Å². The minimum atomic E-state index is -0.0879. The lowest BCUT2D eigenvalue weighted by atomic mass is 9.98. The Kier molecular flexibility index (Phi) is 3.66. The highest BCUT2D eigenvalue weighted by molar-refractivity contribution is 5.82. The van der Waals surface area contributed by atoms with Crippen molar-refractivity contribution in [1.29, 1.82) is 0 Å². The van der Waals surface area contributed by atoms with Gasteiger partial charge in [0, 0.05) is 23.0 Å². The highest BCUT2D eigenvalue weighted by atomic mass is 15.4. The molecule has 3 heterocycles. The topological polar surface area (TPSA) is 47.7 Å². The van der Waals surface area contributed by atoms with Gasteiger partial charge in [-0.1, -0.05) is 29.8 Å². The molecule has 1 atom stereocenters. The molecular formula is C23H23N5. The van der Waals surface area contributed by atoms with Gasteiger partial charge < -0.3 is 5.32 Å². The van der Waals surface area contributed by atoms with E-state index in [-0.39, 0.29) is 6.17 Å². The Morgan fingerprint density at radius 2 is 1.71 bits per heavy atom. The molecule has 0 saturated carbocycles. The van der Waals surface area contributed by atoms with Crippen molar-refractivity contribution in [3.8, 4) is 16.9 Å². The Hall–Kier alpha value is -3.34. The number of hydrogen-bond donors (Lipinski definition) is 1. The van der Waals surface area contributed by atoms with Gasteiger partial charge in [0.25, 0.3) is 0 Å². The van der Waals surface area contributed by atoms with Gasteiger partial charge in [-0.25, -0.2) is 9.36 Å². The first-order chi connectivity index (χ1) is 13.5. The van der Waals surface area contributed by atoms with Crippen LogP contribution in [0.3, 0.4) is 0 Å². The maximum absolute atomic E-state index is 4.81. The first-order valence-corrected chi connectivity index (χ1v) is 9.57. The van der Waals surface area contributed by atoms with Gasteiger partial charge in [-0.05, 0) is 57.5 Å². The number of aryl methyl sites for hydroxylation is 4. The highest BCUT2D eigenvalue weighted by Gasteiger charge is 2.30. The van der Waals surface area contributed by atoms with E-state index in [1.807, 2.05) is 29.8 Å². The molecule has 5 heteroatoms. The Bertz CT molecular complexity index is 1180. The van der Waals surface area contributed by atoms with E-state index in [1.54, 1.807) is 0 Å². The number of benzene rings is 2. The van der Waals surface area contributed by atoms with E-state index < -0.39 is 0 Å². The van der Waals surface area contributed by atoms with Crippen molar-refractivity contribution in [3.63, 3.8) is 0 Å². The first-order valence-electron chi connectivity index (χ1n) is 9.57. The molecule has 140 valence electrons. The van der Waals surface area contributed by atoms with Crippen LogP contribution in [0.25, 0.3) is 16.9 Å². The summed E-state index contributed by atoms with van der Waals surface area (Å²) in [4.78, 5) is 0. The number of para-hydroxylation sites is 1. The zero-order chi connectivity index (χ0) is 19.4. The third kappa shape index (κ3) is 2.54.